The molecule has 5 heterocycles. The first-order valence-electron chi connectivity index (χ1n) is 12.4. The third-order valence-electron chi connectivity index (χ3n) is 8.07. The molecule has 1 saturated carbocycles. The van der Waals surface area contributed by atoms with Crippen molar-refractivity contribution in [3.8, 4) is 11.4 Å². The smallest absolute Gasteiger partial charge is 0.171 e. The van der Waals surface area contributed by atoms with E-state index in [0.717, 1.165) is 60.4 Å². The van der Waals surface area contributed by atoms with Gasteiger partial charge in [0.1, 0.15) is 5.82 Å². The van der Waals surface area contributed by atoms with Crippen LogP contribution in [0.1, 0.15) is 36.0 Å². The minimum atomic E-state index is -1.30. The number of rotatable bonds is 5. The number of hydrogen-bond acceptors (Lipinski definition) is 7. The van der Waals surface area contributed by atoms with Crippen LogP contribution in [0, 0.1) is 5.41 Å². The zero-order valence-corrected chi connectivity index (χ0v) is 20.9. The summed E-state index contributed by atoms with van der Waals surface area (Å²) in [7, 11) is 1.69. The highest BCUT2D eigenvalue weighted by Gasteiger charge is 2.55. The molecule has 3 fully saturated rings. The van der Waals surface area contributed by atoms with Gasteiger partial charge in [0.2, 0.25) is 0 Å². The molecule has 0 radical (unpaired) electrons. The number of ether oxygens (including phenoxy) is 2. The predicted octanol–water partition coefficient (Wildman–Crippen LogP) is 3.76. The fourth-order valence-corrected chi connectivity index (χ4v) is 6.60. The van der Waals surface area contributed by atoms with Crippen LogP contribution in [0.15, 0.2) is 36.5 Å². The average molecular weight is 511 g/mol. The summed E-state index contributed by atoms with van der Waals surface area (Å²) >= 11 is 6.37. The van der Waals surface area contributed by atoms with Gasteiger partial charge in [-0.1, -0.05) is 11.6 Å². The van der Waals surface area contributed by atoms with Crippen LogP contribution in [-0.4, -0.2) is 70.3 Å². The highest BCUT2D eigenvalue weighted by atomic mass is 35.5. The van der Waals surface area contributed by atoms with Gasteiger partial charge in [0.05, 0.1) is 32.6 Å². The van der Waals surface area contributed by atoms with Crippen molar-refractivity contribution in [2.45, 2.75) is 37.5 Å². The molecule has 1 aliphatic carbocycles. The van der Waals surface area contributed by atoms with Gasteiger partial charge in [-0.2, -0.15) is 0 Å². The molecule has 0 unspecified atom stereocenters. The van der Waals surface area contributed by atoms with Crippen molar-refractivity contribution >= 4 is 17.4 Å². The monoisotopic (exact) mass is 510 g/mol. The van der Waals surface area contributed by atoms with Crippen molar-refractivity contribution in [3.05, 3.63) is 58.8 Å². The first-order valence-corrected chi connectivity index (χ1v) is 12.8. The molecule has 3 aliphatic heterocycles. The zero-order valence-electron chi connectivity index (χ0n) is 20.2. The molecule has 0 atom stereocenters. The normalized spacial score (nSPS) is 22.1. The number of alkyl halides is 1. The molecule has 1 spiro atoms. The second kappa shape index (κ2) is 8.13. The third-order valence-corrected chi connectivity index (χ3v) is 8.31. The fourth-order valence-electron chi connectivity index (χ4n) is 6.40. The summed E-state index contributed by atoms with van der Waals surface area (Å²) in [4.78, 5) is 8.93. The van der Waals surface area contributed by atoms with Gasteiger partial charge in [0, 0.05) is 48.7 Å². The lowest BCUT2D eigenvalue weighted by Crippen LogP contribution is -2.62. The molecule has 8 nitrogen and oxygen atoms in total. The molecule has 0 N–H and O–H groups in total. The Kier molecular flexibility index (Phi) is 5.07. The van der Waals surface area contributed by atoms with E-state index in [1.54, 1.807) is 7.11 Å². The largest absolute Gasteiger partial charge is 0.493 e. The molecule has 0 amide bonds. The van der Waals surface area contributed by atoms with Crippen LogP contribution in [0.2, 0.25) is 5.02 Å². The van der Waals surface area contributed by atoms with E-state index in [0.29, 0.717) is 30.6 Å². The number of benzene rings is 1. The van der Waals surface area contributed by atoms with Crippen LogP contribution in [-0.2, 0) is 17.8 Å². The summed E-state index contributed by atoms with van der Waals surface area (Å²) < 4.78 is 27.8. The molecular formula is C26H28ClFN6O2. The van der Waals surface area contributed by atoms with E-state index >= 15 is 0 Å². The molecule has 2 saturated heterocycles. The van der Waals surface area contributed by atoms with E-state index in [1.165, 1.54) is 0 Å². The number of fused-ring (bicyclic) bond motifs is 3. The van der Waals surface area contributed by atoms with Gasteiger partial charge in [-0.3, -0.25) is 9.47 Å². The van der Waals surface area contributed by atoms with Crippen LogP contribution in [0.25, 0.3) is 5.69 Å². The SMILES string of the molecule is COc1cccnc1N1CC2(CC(c3nnc4n3-c3ccc(Cl)cc3CN(CC3(F)COC3)C4)C2)C1. The highest BCUT2D eigenvalue weighted by Crippen LogP contribution is 2.57. The number of pyridine rings is 1. The van der Waals surface area contributed by atoms with E-state index < -0.39 is 5.67 Å². The Morgan fingerprint density at radius 2 is 2.00 bits per heavy atom. The minimum absolute atomic E-state index is 0.148. The van der Waals surface area contributed by atoms with Crippen LogP contribution in [0.3, 0.4) is 0 Å². The molecule has 7 rings (SSSR count). The molecule has 36 heavy (non-hydrogen) atoms. The molecule has 188 valence electrons. The van der Waals surface area contributed by atoms with Gasteiger partial charge in [0.15, 0.2) is 23.1 Å². The van der Waals surface area contributed by atoms with Gasteiger partial charge >= 0.3 is 0 Å². The molecule has 0 bridgehead atoms. The standard InChI is InChI=1S/C26H28ClFN6O2/c1-35-21-3-2-6-29-24(21)33-12-25(13-33)8-18(9-25)23-31-30-22-11-32(14-26(28)15-36-16-26)10-17-7-19(27)4-5-20(17)34(22)23/h2-7,18H,8-16H2,1H3. The first kappa shape index (κ1) is 22.4. The van der Waals surface area contributed by atoms with Crippen LogP contribution >= 0.6 is 11.6 Å². The van der Waals surface area contributed by atoms with E-state index in [9.17, 15) is 4.39 Å². The molecule has 4 aliphatic rings. The molecule has 1 aromatic carbocycles. The highest BCUT2D eigenvalue weighted by molar-refractivity contribution is 6.30. The number of aromatic nitrogens is 4. The Hall–Kier alpha value is -2.75. The van der Waals surface area contributed by atoms with Crippen LogP contribution in [0.4, 0.5) is 10.2 Å². The lowest BCUT2D eigenvalue weighted by Gasteiger charge is -2.59. The maximum absolute atomic E-state index is 14.9. The third kappa shape index (κ3) is 3.59. The van der Waals surface area contributed by atoms with E-state index in [2.05, 4.69) is 29.5 Å². The first-order chi connectivity index (χ1) is 17.4. The predicted molar refractivity (Wildman–Crippen MR) is 133 cm³/mol. The summed E-state index contributed by atoms with van der Waals surface area (Å²) in [5.41, 5.74) is 1.09. The average Bonchev–Trinajstić information content (AvgIpc) is 3.12. The lowest BCUT2D eigenvalue weighted by molar-refractivity contribution is -0.142. The van der Waals surface area contributed by atoms with Crippen molar-refractivity contribution in [3.63, 3.8) is 0 Å². The topological polar surface area (TPSA) is 68.5 Å². The minimum Gasteiger partial charge on any atom is -0.493 e. The number of nitrogens with zero attached hydrogens (tertiary/aromatic N) is 6. The summed E-state index contributed by atoms with van der Waals surface area (Å²) in [5, 5.41) is 9.93. The Morgan fingerprint density at radius 1 is 1.17 bits per heavy atom. The van der Waals surface area contributed by atoms with Crippen molar-refractivity contribution < 1.29 is 13.9 Å². The van der Waals surface area contributed by atoms with E-state index in [-0.39, 0.29) is 18.6 Å². The van der Waals surface area contributed by atoms with Crippen LogP contribution in [0.5, 0.6) is 5.75 Å². The number of anilines is 1. The Morgan fingerprint density at radius 3 is 2.75 bits per heavy atom. The van der Waals surface area contributed by atoms with Gasteiger partial charge in [0.25, 0.3) is 0 Å². The second-order valence-electron chi connectivity index (χ2n) is 10.9. The molecule has 10 heteroatoms. The van der Waals surface area contributed by atoms with E-state index in [4.69, 9.17) is 21.1 Å². The fraction of sp³-hybridized carbons (Fsp3) is 0.500. The van der Waals surface area contributed by atoms with Gasteiger partial charge in [-0.15, -0.1) is 10.2 Å². The Balaban J connectivity index is 1.13. The quantitative estimate of drug-likeness (QED) is 0.517. The maximum atomic E-state index is 14.9. The molecular weight excluding hydrogens is 483 g/mol. The molecule has 2 aromatic heterocycles. The Bertz CT molecular complexity index is 1310. The van der Waals surface area contributed by atoms with Crippen molar-refractivity contribution in [2.24, 2.45) is 5.41 Å². The van der Waals surface area contributed by atoms with Crippen LogP contribution < -0.4 is 9.64 Å². The van der Waals surface area contributed by atoms with Gasteiger partial charge in [-0.25, -0.2) is 9.37 Å². The van der Waals surface area contributed by atoms with Crippen molar-refractivity contribution in [2.75, 3.05) is 44.9 Å². The zero-order chi connectivity index (χ0) is 24.5. The van der Waals surface area contributed by atoms with Gasteiger partial charge < -0.3 is 14.4 Å². The maximum Gasteiger partial charge on any atom is 0.171 e. The Labute approximate surface area is 214 Å². The summed E-state index contributed by atoms with van der Waals surface area (Å²) in [6.07, 6.45) is 3.94. The van der Waals surface area contributed by atoms with E-state index in [1.807, 2.05) is 36.5 Å². The number of halogens is 2. The second-order valence-corrected chi connectivity index (χ2v) is 11.3. The molecule has 3 aromatic rings. The van der Waals surface area contributed by atoms with Gasteiger partial charge in [-0.05, 0) is 48.7 Å². The van der Waals surface area contributed by atoms with Crippen molar-refractivity contribution in [1.29, 1.82) is 0 Å². The lowest BCUT2D eigenvalue weighted by atomic mass is 9.57. The summed E-state index contributed by atoms with van der Waals surface area (Å²) in [6.45, 7) is 3.69. The summed E-state index contributed by atoms with van der Waals surface area (Å²) in [5.74, 6) is 3.91. The number of methoxy groups -OCH3 is 1. The number of hydrogen-bond donors (Lipinski definition) is 0. The summed E-state index contributed by atoms with van der Waals surface area (Å²) in [6, 6.07) is 9.79. The van der Waals surface area contributed by atoms with Crippen molar-refractivity contribution in [1.82, 2.24) is 24.6 Å².